The van der Waals surface area contributed by atoms with Crippen molar-refractivity contribution in [3.05, 3.63) is 45.6 Å². The van der Waals surface area contributed by atoms with E-state index in [0.29, 0.717) is 30.7 Å². The summed E-state index contributed by atoms with van der Waals surface area (Å²) in [4.78, 5) is 42.7. The maximum Gasteiger partial charge on any atom is 0.343 e. The number of hydrogen-bond donors (Lipinski definition) is 0. The average molecular weight is 399 g/mol. The van der Waals surface area contributed by atoms with Crippen molar-refractivity contribution in [2.45, 2.75) is 39.2 Å². The fraction of sp³-hybridized carbons (Fsp3) is 0.429. The molecule has 1 fully saturated rings. The van der Waals surface area contributed by atoms with Crippen molar-refractivity contribution in [1.29, 1.82) is 0 Å². The Kier molecular flexibility index (Phi) is 4.94. The Morgan fingerprint density at radius 1 is 1.34 bits per heavy atom. The summed E-state index contributed by atoms with van der Waals surface area (Å²) in [5.41, 5.74) is 0.601. The van der Waals surface area contributed by atoms with Gasteiger partial charge in [-0.25, -0.2) is 14.2 Å². The molecule has 0 atom stereocenters. The molecule has 0 saturated heterocycles. The smallest absolute Gasteiger partial charge is 0.343 e. The summed E-state index contributed by atoms with van der Waals surface area (Å²) < 4.78 is 21.7. The van der Waals surface area contributed by atoms with Crippen LogP contribution in [0.3, 0.4) is 0 Å². The SMILES string of the molecule is CCOC(=O)c1cn(C2CC2)c2nc(C3=CCN(C(C)=O)CC3)c(F)cc2c1=O. The summed E-state index contributed by atoms with van der Waals surface area (Å²) in [5.74, 6) is -1.35. The Labute approximate surface area is 166 Å². The van der Waals surface area contributed by atoms with Crippen LogP contribution in [0.15, 0.2) is 23.1 Å². The maximum atomic E-state index is 14.9. The van der Waals surface area contributed by atoms with Gasteiger partial charge in [-0.1, -0.05) is 6.08 Å². The molecule has 2 aromatic heterocycles. The van der Waals surface area contributed by atoms with Crippen molar-refractivity contribution in [2.24, 2.45) is 0 Å². The first kappa shape index (κ1) is 19.3. The van der Waals surface area contributed by atoms with Crippen LogP contribution < -0.4 is 5.43 Å². The zero-order chi connectivity index (χ0) is 20.7. The van der Waals surface area contributed by atoms with Crippen LogP contribution >= 0.6 is 0 Å². The summed E-state index contributed by atoms with van der Waals surface area (Å²) in [6.07, 6.45) is 5.59. The van der Waals surface area contributed by atoms with E-state index in [1.54, 1.807) is 22.5 Å². The van der Waals surface area contributed by atoms with Crippen LogP contribution in [0.4, 0.5) is 4.39 Å². The van der Waals surface area contributed by atoms with E-state index >= 15 is 0 Å². The average Bonchev–Trinajstić information content (AvgIpc) is 3.53. The van der Waals surface area contributed by atoms with Crippen LogP contribution in [0.5, 0.6) is 0 Å². The standard InChI is InChI=1S/C21H22FN3O4/c1-3-29-21(28)16-11-25(14-4-5-14)20-15(19(16)27)10-17(22)18(23-20)13-6-8-24(9-7-13)12(2)26/h6,10-11,14H,3-5,7-9H2,1-2H3. The van der Waals surface area contributed by atoms with E-state index in [1.807, 2.05) is 0 Å². The van der Waals surface area contributed by atoms with Crippen molar-refractivity contribution in [3.63, 3.8) is 0 Å². The molecule has 8 heteroatoms. The molecule has 4 rings (SSSR count). The van der Waals surface area contributed by atoms with Crippen LogP contribution in [0.1, 0.15) is 55.2 Å². The minimum absolute atomic E-state index is 0.0266. The molecule has 0 bridgehead atoms. The minimum atomic E-state index is -0.711. The van der Waals surface area contributed by atoms with Gasteiger partial charge in [-0.15, -0.1) is 0 Å². The molecule has 0 N–H and O–H groups in total. The van der Waals surface area contributed by atoms with E-state index in [2.05, 4.69) is 4.98 Å². The third-order valence-corrected chi connectivity index (χ3v) is 5.35. The summed E-state index contributed by atoms with van der Waals surface area (Å²) in [5, 5.41) is 0.0745. The highest BCUT2D eigenvalue weighted by molar-refractivity contribution is 5.93. The van der Waals surface area contributed by atoms with Gasteiger partial charge in [0, 0.05) is 32.3 Å². The lowest BCUT2D eigenvalue weighted by Gasteiger charge is -2.25. The van der Waals surface area contributed by atoms with Gasteiger partial charge in [0.2, 0.25) is 11.3 Å². The number of carbonyl (C=O) groups is 2. The van der Waals surface area contributed by atoms with Crippen molar-refractivity contribution in [2.75, 3.05) is 19.7 Å². The van der Waals surface area contributed by atoms with E-state index in [9.17, 15) is 18.8 Å². The number of amides is 1. The second-order valence-corrected chi connectivity index (χ2v) is 7.37. The van der Waals surface area contributed by atoms with Crippen LogP contribution in [-0.2, 0) is 9.53 Å². The van der Waals surface area contributed by atoms with E-state index < -0.39 is 17.2 Å². The lowest BCUT2D eigenvalue weighted by atomic mass is 10.0. The van der Waals surface area contributed by atoms with E-state index in [0.717, 1.165) is 12.8 Å². The number of rotatable bonds is 4. The molecule has 1 aliphatic heterocycles. The number of nitrogens with zero attached hydrogens (tertiary/aromatic N) is 3. The van der Waals surface area contributed by atoms with E-state index in [-0.39, 0.29) is 35.2 Å². The van der Waals surface area contributed by atoms with Gasteiger partial charge in [0.15, 0.2) is 0 Å². The molecule has 0 radical (unpaired) electrons. The minimum Gasteiger partial charge on any atom is -0.462 e. The number of carbonyl (C=O) groups excluding carboxylic acids is 2. The van der Waals surface area contributed by atoms with E-state index in [1.165, 1.54) is 19.2 Å². The number of pyridine rings is 2. The first-order chi connectivity index (χ1) is 13.9. The molecule has 0 spiro atoms. The summed E-state index contributed by atoms with van der Waals surface area (Å²) in [7, 11) is 0. The zero-order valence-electron chi connectivity index (χ0n) is 16.4. The number of ether oxygens (including phenoxy) is 1. The van der Waals surface area contributed by atoms with Gasteiger partial charge in [0.25, 0.3) is 0 Å². The molecule has 1 amide bonds. The molecular weight excluding hydrogens is 377 g/mol. The van der Waals surface area contributed by atoms with Crippen LogP contribution in [0, 0.1) is 5.82 Å². The summed E-state index contributed by atoms with van der Waals surface area (Å²) >= 11 is 0. The second kappa shape index (κ2) is 7.42. The first-order valence-electron chi connectivity index (χ1n) is 9.78. The predicted molar refractivity (Wildman–Crippen MR) is 105 cm³/mol. The number of halogens is 1. The highest BCUT2D eigenvalue weighted by atomic mass is 19.1. The quantitative estimate of drug-likeness (QED) is 0.739. The molecule has 0 aromatic carbocycles. The Hall–Kier alpha value is -3.03. The van der Waals surface area contributed by atoms with E-state index in [4.69, 9.17) is 4.74 Å². The fourth-order valence-electron chi connectivity index (χ4n) is 3.63. The van der Waals surface area contributed by atoms with Crippen LogP contribution in [-0.4, -0.2) is 46.0 Å². The van der Waals surface area contributed by atoms with Gasteiger partial charge in [-0.2, -0.15) is 0 Å². The molecule has 152 valence electrons. The van der Waals surface area contributed by atoms with Crippen molar-refractivity contribution in [3.8, 4) is 0 Å². The second-order valence-electron chi connectivity index (χ2n) is 7.37. The van der Waals surface area contributed by atoms with Crippen molar-refractivity contribution < 1.29 is 18.7 Å². The van der Waals surface area contributed by atoms with Crippen LogP contribution in [0.25, 0.3) is 16.6 Å². The Balaban J connectivity index is 1.84. The molecule has 29 heavy (non-hydrogen) atoms. The van der Waals surface area contributed by atoms with Gasteiger partial charge in [-0.3, -0.25) is 9.59 Å². The molecule has 2 aromatic rings. The fourth-order valence-corrected chi connectivity index (χ4v) is 3.63. The summed E-state index contributed by atoms with van der Waals surface area (Å²) in [6.45, 7) is 4.22. The summed E-state index contributed by atoms with van der Waals surface area (Å²) in [6, 6.07) is 1.30. The molecule has 7 nitrogen and oxygen atoms in total. The van der Waals surface area contributed by atoms with Gasteiger partial charge in [-0.05, 0) is 37.8 Å². The molecule has 0 unspecified atom stereocenters. The largest absolute Gasteiger partial charge is 0.462 e. The number of hydrogen-bond acceptors (Lipinski definition) is 5. The van der Waals surface area contributed by atoms with Gasteiger partial charge < -0.3 is 14.2 Å². The monoisotopic (exact) mass is 399 g/mol. The molecular formula is C21H22FN3O4. The Morgan fingerprint density at radius 2 is 2.10 bits per heavy atom. The van der Waals surface area contributed by atoms with Gasteiger partial charge in [0.05, 0.1) is 12.0 Å². The topological polar surface area (TPSA) is 81.5 Å². The van der Waals surface area contributed by atoms with Crippen molar-refractivity contribution in [1.82, 2.24) is 14.5 Å². The number of fused-ring (bicyclic) bond motifs is 1. The van der Waals surface area contributed by atoms with Crippen molar-refractivity contribution >= 4 is 28.5 Å². The molecule has 1 aliphatic carbocycles. The highest BCUT2D eigenvalue weighted by Crippen LogP contribution is 2.37. The number of aromatic nitrogens is 2. The molecule has 1 saturated carbocycles. The van der Waals surface area contributed by atoms with Crippen LogP contribution in [0.2, 0.25) is 0 Å². The lowest BCUT2D eigenvalue weighted by Crippen LogP contribution is -2.32. The highest BCUT2D eigenvalue weighted by Gasteiger charge is 2.29. The normalized spacial score (nSPS) is 16.7. The maximum absolute atomic E-state index is 14.9. The number of esters is 1. The predicted octanol–water partition coefficient (Wildman–Crippen LogP) is 2.68. The molecule has 3 heterocycles. The third kappa shape index (κ3) is 3.54. The first-order valence-corrected chi connectivity index (χ1v) is 9.78. The van der Waals surface area contributed by atoms with Gasteiger partial charge in [0.1, 0.15) is 22.7 Å². The Morgan fingerprint density at radius 3 is 2.69 bits per heavy atom. The zero-order valence-corrected chi connectivity index (χ0v) is 16.4. The third-order valence-electron chi connectivity index (χ3n) is 5.35. The van der Waals surface area contributed by atoms with Gasteiger partial charge >= 0.3 is 5.97 Å². The molecule has 2 aliphatic rings. The lowest BCUT2D eigenvalue weighted by molar-refractivity contribution is -0.128. The Bertz CT molecular complexity index is 1100.